The number of carbonyl (C=O) groups is 1. The quantitative estimate of drug-likeness (QED) is 0.265. The van der Waals surface area contributed by atoms with Crippen LogP contribution in [0, 0.1) is 34.5 Å². The molecule has 9 atom stereocenters. The van der Waals surface area contributed by atoms with Crippen molar-refractivity contribution in [2.75, 3.05) is 39.5 Å². The molecule has 4 aliphatic carbocycles. The summed E-state index contributed by atoms with van der Waals surface area (Å²) in [7, 11) is 0. The van der Waals surface area contributed by atoms with E-state index in [1.165, 1.54) is 25.7 Å². The van der Waals surface area contributed by atoms with Crippen molar-refractivity contribution >= 4 is 5.97 Å². The van der Waals surface area contributed by atoms with E-state index in [0.29, 0.717) is 41.7 Å². The molecule has 1 heterocycles. The lowest BCUT2D eigenvalue weighted by atomic mass is 9.44. The minimum Gasteiger partial charge on any atom is -1.00 e. The van der Waals surface area contributed by atoms with Crippen LogP contribution in [0.2, 0.25) is 0 Å². The maximum Gasteiger partial charge on any atom is 0.303 e. The van der Waals surface area contributed by atoms with Crippen LogP contribution in [0.5, 0.6) is 0 Å². The molecule has 0 aromatic carbocycles. The fraction of sp³-hybridized carbons (Fsp3) is 0.774. The van der Waals surface area contributed by atoms with Crippen LogP contribution in [-0.2, 0) is 19.0 Å². The van der Waals surface area contributed by atoms with Crippen LogP contribution in [0.3, 0.4) is 0 Å². The van der Waals surface area contributed by atoms with Gasteiger partial charge < -0.3 is 35.7 Å². The normalized spacial score (nSPS) is 43.9. The van der Waals surface area contributed by atoms with Crippen LogP contribution in [0.4, 0.5) is 0 Å². The lowest BCUT2D eigenvalue weighted by Gasteiger charge is -2.63. The SMILES string of the molecule is C=CCOC1CC2CCC3C4C=CC(OC(C)=O)C4(C)CCC3C2(C)CC1[N+]1(CC=C)CCOCC1.[Br-]. The first-order valence-electron chi connectivity index (χ1n) is 14.4. The van der Waals surface area contributed by atoms with E-state index in [1.54, 1.807) is 6.92 Å². The Morgan fingerprint density at radius 1 is 1.11 bits per heavy atom. The second-order valence-electron chi connectivity index (χ2n) is 13.0. The Labute approximate surface area is 235 Å². The summed E-state index contributed by atoms with van der Waals surface area (Å²) in [4.78, 5) is 11.8. The Morgan fingerprint density at radius 3 is 2.54 bits per heavy atom. The average molecular weight is 579 g/mol. The highest BCUT2D eigenvalue weighted by molar-refractivity contribution is 5.66. The number of ether oxygens (including phenoxy) is 3. The largest absolute Gasteiger partial charge is 1.00 e. The first-order valence-corrected chi connectivity index (χ1v) is 14.4. The maximum atomic E-state index is 11.8. The monoisotopic (exact) mass is 577 g/mol. The zero-order valence-electron chi connectivity index (χ0n) is 23.2. The van der Waals surface area contributed by atoms with Crippen molar-refractivity contribution in [1.29, 1.82) is 0 Å². The van der Waals surface area contributed by atoms with E-state index in [1.807, 2.05) is 6.08 Å². The maximum absolute atomic E-state index is 11.8. The van der Waals surface area contributed by atoms with Gasteiger partial charge in [0, 0.05) is 18.8 Å². The fourth-order valence-electron chi connectivity index (χ4n) is 9.55. The molecule has 0 spiro atoms. The molecule has 5 rings (SSSR count). The highest BCUT2D eigenvalue weighted by Crippen LogP contribution is 2.66. The van der Waals surface area contributed by atoms with E-state index in [4.69, 9.17) is 14.2 Å². The van der Waals surface area contributed by atoms with Crippen LogP contribution >= 0.6 is 0 Å². The molecule has 0 bridgehead atoms. The number of fused-ring (bicyclic) bond motifs is 5. The first-order chi connectivity index (χ1) is 17.3. The molecule has 0 N–H and O–H groups in total. The minimum atomic E-state index is -0.160. The zero-order chi connectivity index (χ0) is 25.6. The Morgan fingerprint density at radius 2 is 1.86 bits per heavy atom. The van der Waals surface area contributed by atoms with Crippen LogP contribution < -0.4 is 17.0 Å². The van der Waals surface area contributed by atoms with E-state index < -0.39 is 0 Å². The highest BCUT2D eigenvalue weighted by atomic mass is 79.9. The average Bonchev–Trinajstić information content (AvgIpc) is 3.18. The summed E-state index contributed by atoms with van der Waals surface area (Å²) in [5.74, 6) is 2.43. The van der Waals surface area contributed by atoms with Gasteiger partial charge in [-0.15, -0.1) is 6.58 Å². The molecule has 5 aliphatic rings. The van der Waals surface area contributed by atoms with E-state index >= 15 is 0 Å². The summed E-state index contributed by atoms with van der Waals surface area (Å²) in [5, 5.41) is 0. The molecule has 0 aromatic rings. The molecule has 0 amide bonds. The number of allylic oxidation sites excluding steroid dienone is 1. The number of esters is 1. The van der Waals surface area contributed by atoms with Gasteiger partial charge in [0.25, 0.3) is 0 Å². The predicted octanol–water partition coefficient (Wildman–Crippen LogP) is 2.32. The van der Waals surface area contributed by atoms with E-state index in [0.717, 1.165) is 50.2 Å². The van der Waals surface area contributed by atoms with Gasteiger partial charge >= 0.3 is 5.97 Å². The van der Waals surface area contributed by atoms with Crippen LogP contribution in [0.1, 0.15) is 59.3 Å². The second-order valence-corrected chi connectivity index (χ2v) is 13.0. The standard InChI is InChI=1S/C31H48NO4.BrH/c1-6-14-32(15-18-34-19-16-32)27-21-31(5)23(20-28(27)35-17-7-2)8-9-24-25-10-11-29(36-22(3)33)30(25,4)13-12-26(24)31;/h6-7,10-11,23-29H,1-2,8-9,12-21H2,3-5H3;1H/q+1;/p-1. The summed E-state index contributed by atoms with van der Waals surface area (Å²) in [6.45, 7) is 20.0. The molecule has 5 nitrogen and oxygen atoms in total. The molecule has 9 unspecified atom stereocenters. The summed E-state index contributed by atoms with van der Waals surface area (Å²) in [6, 6.07) is 0.466. The van der Waals surface area contributed by atoms with E-state index in [9.17, 15) is 4.79 Å². The lowest BCUT2D eigenvalue weighted by Crippen LogP contribution is -3.00. The number of hydrogen-bond donors (Lipinski definition) is 0. The van der Waals surface area contributed by atoms with Crippen molar-refractivity contribution < 1.29 is 40.5 Å². The van der Waals surface area contributed by atoms with E-state index in [2.05, 4.69) is 45.2 Å². The molecular weight excluding hydrogens is 530 g/mol. The number of hydrogen-bond acceptors (Lipinski definition) is 4. The van der Waals surface area contributed by atoms with E-state index in [-0.39, 0.29) is 40.6 Å². The zero-order valence-corrected chi connectivity index (χ0v) is 24.8. The van der Waals surface area contributed by atoms with Crippen molar-refractivity contribution in [3.8, 4) is 0 Å². The van der Waals surface area contributed by atoms with Gasteiger partial charge in [-0.3, -0.25) is 4.79 Å². The number of rotatable bonds is 7. The van der Waals surface area contributed by atoms with Crippen molar-refractivity contribution in [3.63, 3.8) is 0 Å². The number of halogens is 1. The van der Waals surface area contributed by atoms with Crippen LogP contribution in [-0.4, -0.2) is 68.2 Å². The Kier molecular flexibility index (Phi) is 8.85. The summed E-state index contributed by atoms with van der Waals surface area (Å²) < 4.78 is 19.3. The molecule has 208 valence electrons. The van der Waals surface area contributed by atoms with Gasteiger partial charge in [0.2, 0.25) is 0 Å². The fourth-order valence-corrected chi connectivity index (χ4v) is 9.55. The Hall–Kier alpha value is -0.950. The van der Waals surface area contributed by atoms with Crippen LogP contribution in [0.25, 0.3) is 0 Å². The molecule has 37 heavy (non-hydrogen) atoms. The Bertz CT molecular complexity index is 884. The summed E-state index contributed by atoms with van der Waals surface area (Å²) in [5.41, 5.74) is 0.349. The van der Waals surface area contributed by atoms with Crippen molar-refractivity contribution in [2.24, 2.45) is 34.5 Å². The molecule has 0 aromatic heterocycles. The molecule has 3 saturated carbocycles. The molecule has 1 aliphatic heterocycles. The van der Waals surface area contributed by atoms with Gasteiger partial charge in [-0.2, -0.15) is 0 Å². The third-order valence-electron chi connectivity index (χ3n) is 11.4. The van der Waals surface area contributed by atoms with Gasteiger partial charge in [-0.05, 0) is 73.3 Å². The molecule has 6 heteroatoms. The lowest BCUT2D eigenvalue weighted by molar-refractivity contribution is -0.958. The van der Waals surface area contributed by atoms with Crippen molar-refractivity contribution in [1.82, 2.24) is 0 Å². The van der Waals surface area contributed by atoms with Gasteiger partial charge in [0.05, 0.1) is 26.4 Å². The van der Waals surface area contributed by atoms with Gasteiger partial charge in [0.15, 0.2) is 0 Å². The molecule has 4 fully saturated rings. The summed E-state index contributed by atoms with van der Waals surface area (Å²) >= 11 is 0. The van der Waals surface area contributed by atoms with Crippen molar-refractivity contribution in [3.05, 3.63) is 37.5 Å². The van der Waals surface area contributed by atoms with Gasteiger partial charge in [-0.1, -0.05) is 32.6 Å². The topological polar surface area (TPSA) is 44.8 Å². The first kappa shape index (κ1) is 29.0. The second kappa shape index (κ2) is 11.3. The van der Waals surface area contributed by atoms with Crippen LogP contribution in [0.15, 0.2) is 37.5 Å². The van der Waals surface area contributed by atoms with Gasteiger partial charge in [0.1, 0.15) is 31.3 Å². The molecular formula is C31H48BrNO4. The Balaban J connectivity index is 0.00000320. The number of morpholine rings is 1. The number of quaternary nitrogens is 1. The third kappa shape index (κ3) is 4.94. The summed E-state index contributed by atoms with van der Waals surface area (Å²) in [6.07, 6.45) is 16.1. The third-order valence-corrected chi connectivity index (χ3v) is 11.4. The molecule has 1 saturated heterocycles. The van der Waals surface area contributed by atoms with Gasteiger partial charge in [-0.25, -0.2) is 0 Å². The highest BCUT2D eigenvalue weighted by Gasteiger charge is 2.63. The minimum absolute atomic E-state index is 0. The predicted molar refractivity (Wildman–Crippen MR) is 142 cm³/mol. The molecule has 0 radical (unpaired) electrons. The number of nitrogens with zero attached hydrogens (tertiary/aromatic N) is 1. The smallest absolute Gasteiger partial charge is 0.303 e. The van der Waals surface area contributed by atoms with Crippen molar-refractivity contribution in [2.45, 2.75) is 77.5 Å². The number of carbonyl (C=O) groups excluding carboxylic acids is 1.